The molecule has 0 spiro atoms. The van der Waals surface area contributed by atoms with Gasteiger partial charge < -0.3 is 14.8 Å². The van der Waals surface area contributed by atoms with E-state index in [4.69, 9.17) is 9.47 Å². The fourth-order valence-electron chi connectivity index (χ4n) is 3.33. The maximum Gasteiger partial charge on any atom is 0.234 e. The highest BCUT2D eigenvalue weighted by Gasteiger charge is 2.23. The molecule has 1 amide bonds. The first-order valence-corrected chi connectivity index (χ1v) is 9.46. The lowest BCUT2D eigenvalue weighted by Crippen LogP contribution is -2.40. The van der Waals surface area contributed by atoms with Crippen LogP contribution in [-0.2, 0) is 17.9 Å². The normalized spacial score (nSPS) is 16.8. The summed E-state index contributed by atoms with van der Waals surface area (Å²) in [5.41, 5.74) is 3.39. The molecule has 0 aliphatic carbocycles. The van der Waals surface area contributed by atoms with Crippen molar-refractivity contribution in [3.05, 3.63) is 59.2 Å². The van der Waals surface area contributed by atoms with Gasteiger partial charge in [0.15, 0.2) is 0 Å². The number of rotatable bonds is 6. The van der Waals surface area contributed by atoms with E-state index in [1.165, 1.54) is 5.56 Å². The number of benzene rings is 2. The number of methoxy groups -OCH3 is 1. The van der Waals surface area contributed by atoms with Crippen LogP contribution in [0.1, 0.15) is 30.0 Å². The van der Waals surface area contributed by atoms with Crippen LogP contribution in [0.3, 0.4) is 0 Å². The first-order chi connectivity index (χ1) is 13.1. The SMILES string of the molecule is CC[C@@H]1CN(CC(=O)NCc2ccccc2C)Cc2cc(OC)ccc2O1. The first kappa shape index (κ1) is 19.2. The van der Waals surface area contributed by atoms with Gasteiger partial charge >= 0.3 is 0 Å². The molecule has 0 bridgehead atoms. The molecule has 0 aromatic heterocycles. The van der Waals surface area contributed by atoms with Gasteiger partial charge in [-0.25, -0.2) is 0 Å². The van der Waals surface area contributed by atoms with Crippen molar-refractivity contribution in [2.75, 3.05) is 20.2 Å². The summed E-state index contributed by atoms with van der Waals surface area (Å²) in [5, 5.41) is 3.04. The standard InChI is InChI=1S/C22H28N2O3/c1-4-19-14-24(13-18-11-20(26-3)9-10-21(18)27-19)15-22(25)23-12-17-8-6-5-7-16(17)2/h5-11,19H,4,12-15H2,1-3H3,(H,23,25)/t19-/m1/s1. The number of amides is 1. The van der Waals surface area contributed by atoms with Gasteiger partial charge in [-0.15, -0.1) is 0 Å². The Kier molecular flexibility index (Phi) is 6.35. The number of carbonyl (C=O) groups is 1. The van der Waals surface area contributed by atoms with E-state index in [2.05, 4.69) is 30.1 Å². The highest BCUT2D eigenvalue weighted by molar-refractivity contribution is 5.78. The monoisotopic (exact) mass is 368 g/mol. The van der Waals surface area contributed by atoms with E-state index in [0.717, 1.165) is 35.6 Å². The van der Waals surface area contributed by atoms with Gasteiger partial charge in [-0.05, 0) is 42.7 Å². The van der Waals surface area contributed by atoms with Crippen molar-refractivity contribution in [2.24, 2.45) is 0 Å². The Labute approximate surface area is 161 Å². The minimum Gasteiger partial charge on any atom is -0.497 e. The average molecular weight is 368 g/mol. The number of aryl methyl sites for hydroxylation is 1. The molecular formula is C22H28N2O3. The van der Waals surface area contributed by atoms with Gasteiger partial charge in [0.1, 0.15) is 17.6 Å². The van der Waals surface area contributed by atoms with Crippen molar-refractivity contribution >= 4 is 5.91 Å². The summed E-state index contributed by atoms with van der Waals surface area (Å²) < 4.78 is 11.5. The smallest absolute Gasteiger partial charge is 0.234 e. The van der Waals surface area contributed by atoms with Crippen LogP contribution in [0.5, 0.6) is 11.5 Å². The molecule has 0 radical (unpaired) electrons. The van der Waals surface area contributed by atoms with E-state index < -0.39 is 0 Å². The molecule has 5 nitrogen and oxygen atoms in total. The molecule has 0 unspecified atom stereocenters. The quantitative estimate of drug-likeness (QED) is 0.850. The predicted molar refractivity (Wildman–Crippen MR) is 106 cm³/mol. The molecule has 0 fully saturated rings. The molecule has 2 aromatic rings. The lowest BCUT2D eigenvalue weighted by Gasteiger charge is -2.22. The van der Waals surface area contributed by atoms with Gasteiger partial charge in [-0.1, -0.05) is 31.2 Å². The summed E-state index contributed by atoms with van der Waals surface area (Å²) in [7, 11) is 1.66. The Morgan fingerprint density at radius 2 is 2.11 bits per heavy atom. The van der Waals surface area contributed by atoms with Crippen LogP contribution in [0.15, 0.2) is 42.5 Å². The fourth-order valence-corrected chi connectivity index (χ4v) is 3.33. The fraction of sp³-hybridized carbons (Fsp3) is 0.409. The van der Waals surface area contributed by atoms with Crippen molar-refractivity contribution in [1.82, 2.24) is 10.2 Å². The Hall–Kier alpha value is -2.53. The number of fused-ring (bicyclic) bond motifs is 1. The van der Waals surface area contributed by atoms with Gasteiger partial charge in [0.05, 0.1) is 13.7 Å². The molecule has 27 heavy (non-hydrogen) atoms. The second-order valence-corrected chi connectivity index (χ2v) is 6.99. The molecule has 0 saturated heterocycles. The first-order valence-electron chi connectivity index (χ1n) is 9.46. The van der Waals surface area contributed by atoms with Gasteiger partial charge in [0.25, 0.3) is 0 Å². The topological polar surface area (TPSA) is 50.8 Å². The van der Waals surface area contributed by atoms with Crippen LogP contribution in [0, 0.1) is 6.92 Å². The van der Waals surface area contributed by atoms with Gasteiger partial charge in [0, 0.05) is 25.2 Å². The Bertz CT molecular complexity index is 791. The van der Waals surface area contributed by atoms with E-state index in [0.29, 0.717) is 19.6 Å². The van der Waals surface area contributed by atoms with Crippen LogP contribution in [0.2, 0.25) is 0 Å². The third-order valence-electron chi connectivity index (χ3n) is 4.98. The van der Waals surface area contributed by atoms with Gasteiger partial charge in [-0.2, -0.15) is 0 Å². The van der Waals surface area contributed by atoms with E-state index in [1.54, 1.807) is 7.11 Å². The summed E-state index contributed by atoms with van der Waals surface area (Å²) in [6.07, 6.45) is 0.969. The molecule has 1 aliphatic rings. The molecule has 5 heteroatoms. The van der Waals surface area contributed by atoms with Crippen LogP contribution >= 0.6 is 0 Å². The van der Waals surface area contributed by atoms with Crippen LogP contribution in [0.25, 0.3) is 0 Å². The Balaban J connectivity index is 1.65. The second kappa shape index (κ2) is 8.91. The molecule has 1 heterocycles. The van der Waals surface area contributed by atoms with Crippen molar-refractivity contribution < 1.29 is 14.3 Å². The van der Waals surface area contributed by atoms with Crippen LogP contribution < -0.4 is 14.8 Å². The molecule has 1 aliphatic heterocycles. The minimum atomic E-state index is 0.0273. The molecule has 0 saturated carbocycles. The number of nitrogens with one attached hydrogen (secondary N) is 1. The number of nitrogens with zero attached hydrogens (tertiary/aromatic N) is 1. The zero-order chi connectivity index (χ0) is 19.2. The Morgan fingerprint density at radius 3 is 2.85 bits per heavy atom. The lowest BCUT2D eigenvalue weighted by molar-refractivity contribution is -0.122. The summed E-state index contributed by atoms with van der Waals surface area (Å²) in [4.78, 5) is 14.7. The van der Waals surface area contributed by atoms with E-state index in [-0.39, 0.29) is 12.0 Å². The van der Waals surface area contributed by atoms with Crippen molar-refractivity contribution in [3.8, 4) is 11.5 Å². The van der Waals surface area contributed by atoms with E-state index in [9.17, 15) is 4.79 Å². The number of hydrogen-bond donors (Lipinski definition) is 1. The molecule has 2 aromatic carbocycles. The summed E-state index contributed by atoms with van der Waals surface area (Å²) >= 11 is 0. The largest absolute Gasteiger partial charge is 0.497 e. The third-order valence-corrected chi connectivity index (χ3v) is 4.98. The third kappa shape index (κ3) is 5.01. The van der Waals surface area contributed by atoms with Gasteiger partial charge in [-0.3, -0.25) is 9.69 Å². The second-order valence-electron chi connectivity index (χ2n) is 6.99. The van der Waals surface area contributed by atoms with Crippen LogP contribution in [-0.4, -0.2) is 37.1 Å². The van der Waals surface area contributed by atoms with Crippen LogP contribution in [0.4, 0.5) is 0 Å². The van der Waals surface area contributed by atoms with E-state index >= 15 is 0 Å². The molecule has 3 rings (SSSR count). The zero-order valence-corrected chi connectivity index (χ0v) is 16.3. The van der Waals surface area contributed by atoms with E-state index in [1.807, 2.05) is 36.4 Å². The zero-order valence-electron chi connectivity index (χ0n) is 16.3. The number of carbonyl (C=O) groups excluding carboxylic acids is 1. The number of ether oxygens (including phenoxy) is 2. The van der Waals surface area contributed by atoms with Crippen molar-refractivity contribution in [1.29, 1.82) is 0 Å². The minimum absolute atomic E-state index is 0.0273. The maximum absolute atomic E-state index is 12.5. The molecule has 1 N–H and O–H groups in total. The molecule has 144 valence electrons. The average Bonchev–Trinajstić information content (AvgIpc) is 2.85. The molecule has 1 atom stereocenters. The van der Waals surface area contributed by atoms with Gasteiger partial charge in [0.2, 0.25) is 5.91 Å². The highest BCUT2D eigenvalue weighted by atomic mass is 16.5. The lowest BCUT2D eigenvalue weighted by atomic mass is 10.1. The van der Waals surface area contributed by atoms with Crippen molar-refractivity contribution in [3.63, 3.8) is 0 Å². The summed E-state index contributed by atoms with van der Waals surface area (Å²) in [6.45, 7) is 6.46. The molecular weight excluding hydrogens is 340 g/mol. The summed E-state index contributed by atoms with van der Waals surface area (Å²) in [6, 6.07) is 14.0. The Morgan fingerprint density at radius 1 is 1.30 bits per heavy atom. The maximum atomic E-state index is 12.5. The van der Waals surface area contributed by atoms with Crippen molar-refractivity contribution in [2.45, 2.75) is 39.5 Å². The highest BCUT2D eigenvalue weighted by Crippen LogP contribution is 2.29. The summed E-state index contributed by atoms with van der Waals surface area (Å²) in [5.74, 6) is 1.71. The number of hydrogen-bond acceptors (Lipinski definition) is 4. The predicted octanol–water partition coefficient (Wildman–Crippen LogP) is 3.29.